The Morgan fingerprint density at radius 3 is 2.43 bits per heavy atom. The van der Waals surface area contributed by atoms with Crippen LogP contribution in [-0.4, -0.2) is 29.8 Å². The average molecular weight is 290 g/mol. The molecule has 1 aliphatic carbocycles. The first-order valence-electron chi connectivity index (χ1n) is 7.84. The molecule has 2 amide bonds. The number of amides is 2. The van der Waals surface area contributed by atoms with E-state index in [1.54, 1.807) is 0 Å². The van der Waals surface area contributed by atoms with Gasteiger partial charge >= 0.3 is 6.03 Å². The predicted molar refractivity (Wildman–Crippen MR) is 84.4 cm³/mol. The first kappa shape index (κ1) is 15.8. The van der Waals surface area contributed by atoms with E-state index in [2.05, 4.69) is 42.7 Å². The third-order valence-corrected chi connectivity index (χ3v) is 4.34. The van der Waals surface area contributed by atoms with Crippen LogP contribution in [0.5, 0.6) is 0 Å². The molecule has 116 valence electrons. The first-order valence-corrected chi connectivity index (χ1v) is 7.84. The molecule has 0 unspecified atom stereocenters. The Kier molecular flexibility index (Phi) is 5.62. The summed E-state index contributed by atoms with van der Waals surface area (Å²) in [4.78, 5) is 11.9. The summed E-state index contributed by atoms with van der Waals surface area (Å²) in [5.41, 5.74) is 3.87. The lowest BCUT2D eigenvalue weighted by Crippen LogP contribution is -2.44. The van der Waals surface area contributed by atoms with E-state index in [1.165, 1.54) is 16.7 Å². The number of hydrogen-bond donors (Lipinski definition) is 3. The minimum atomic E-state index is -0.185. The van der Waals surface area contributed by atoms with E-state index in [9.17, 15) is 9.90 Å². The molecule has 1 fully saturated rings. The largest absolute Gasteiger partial charge is 0.393 e. The molecule has 1 aromatic carbocycles. The Bertz CT molecular complexity index is 459. The van der Waals surface area contributed by atoms with Crippen LogP contribution in [0.2, 0.25) is 0 Å². The Hall–Kier alpha value is -1.55. The molecular formula is C17H26N2O2. The molecule has 0 spiro atoms. The van der Waals surface area contributed by atoms with Gasteiger partial charge in [0.2, 0.25) is 0 Å². The van der Waals surface area contributed by atoms with E-state index in [0.29, 0.717) is 6.54 Å². The van der Waals surface area contributed by atoms with Crippen LogP contribution < -0.4 is 10.6 Å². The molecule has 1 aromatic rings. The lowest BCUT2D eigenvalue weighted by molar-refractivity contribution is 0.117. The second-order valence-electron chi connectivity index (χ2n) is 6.03. The van der Waals surface area contributed by atoms with Gasteiger partial charge < -0.3 is 15.7 Å². The van der Waals surface area contributed by atoms with Crippen LogP contribution >= 0.6 is 0 Å². The summed E-state index contributed by atoms with van der Waals surface area (Å²) in [6.45, 7) is 4.86. The predicted octanol–water partition coefficient (Wildman–Crippen LogP) is 2.45. The van der Waals surface area contributed by atoms with E-state index >= 15 is 0 Å². The highest BCUT2D eigenvalue weighted by atomic mass is 16.3. The van der Waals surface area contributed by atoms with Crippen molar-refractivity contribution in [1.82, 2.24) is 10.6 Å². The summed E-state index contributed by atoms with van der Waals surface area (Å²) in [7, 11) is 0. The van der Waals surface area contributed by atoms with Crippen molar-refractivity contribution < 1.29 is 9.90 Å². The summed E-state index contributed by atoms with van der Waals surface area (Å²) >= 11 is 0. The third-order valence-electron chi connectivity index (χ3n) is 4.34. The Balaban J connectivity index is 1.72. The monoisotopic (exact) mass is 290 g/mol. The van der Waals surface area contributed by atoms with Gasteiger partial charge in [-0.25, -0.2) is 4.79 Å². The number of benzene rings is 1. The Morgan fingerprint density at radius 2 is 1.81 bits per heavy atom. The topological polar surface area (TPSA) is 61.4 Å². The number of aryl methyl sites for hydroxylation is 2. The van der Waals surface area contributed by atoms with Gasteiger partial charge in [0, 0.05) is 12.6 Å². The van der Waals surface area contributed by atoms with Crippen LogP contribution in [0.4, 0.5) is 4.79 Å². The molecule has 0 aromatic heterocycles. The highest BCUT2D eigenvalue weighted by Gasteiger charge is 2.20. The second kappa shape index (κ2) is 7.46. The van der Waals surface area contributed by atoms with Crippen molar-refractivity contribution in [2.24, 2.45) is 0 Å². The average Bonchev–Trinajstić information content (AvgIpc) is 2.45. The highest BCUT2D eigenvalue weighted by molar-refractivity contribution is 5.74. The van der Waals surface area contributed by atoms with Crippen molar-refractivity contribution >= 4 is 6.03 Å². The fraction of sp³-hybridized carbons (Fsp3) is 0.588. The van der Waals surface area contributed by atoms with E-state index in [1.807, 2.05) is 0 Å². The molecule has 1 aliphatic rings. The molecule has 0 aliphatic heterocycles. The fourth-order valence-electron chi connectivity index (χ4n) is 3.00. The van der Waals surface area contributed by atoms with Gasteiger partial charge in [-0.05, 0) is 62.6 Å². The van der Waals surface area contributed by atoms with Crippen molar-refractivity contribution in [3.8, 4) is 0 Å². The summed E-state index contributed by atoms with van der Waals surface area (Å²) < 4.78 is 0. The van der Waals surface area contributed by atoms with Crippen molar-refractivity contribution in [1.29, 1.82) is 0 Å². The highest BCUT2D eigenvalue weighted by Crippen LogP contribution is 2.18. The van der Waals surface area contributed by atoms with Crippen LogP contribution in [-0.2, 0) is 6.42 Å². The number of nitrogens with one attached hydrogen (secondary N) is 2. The van der Waals surface area contributed by atoms with Crippen molar-refractivity contribution in [3.05, 3.63) is 34.9 Å². The van der Waals surface area contributed by atoms with Gasteiger partial charge in [0.25, 0.3) is 0 Å². The molecular weight excluding hydrogens is 264 g/mol. The molecule has 0 atom stereocenters. The zero-order valence-corrected chi connectivity index (χ0v) is 13.0. The molecule has 2 rings (SSSR count). The zero-order chi connectivity index (χ0) is 15.2. The Morgan fingerprint density at radius 1 is 1.19 bits per heavy atom. The molecule has 1 saturated carbocycles. The van der Waals surface area contributed by atoms with E-state index in [-0.39, 0.29) is 18.2 Å². The molecule has 0 saturated heterocycles. The molecule has 0 radical (unpaired) electrons. The van der Waals surface area contributed by atoms with Crippen LogP contribution in [0.3, 0.4) is 0 Å². The van der Waals surface area contributed by atoms with E-state index in [0.717, 1.165) is 32.1 Å². The van der Waals surface area contributed by atoms with E-state index in [4.69, 9.17) is 0 Å². The normalized spacial score (nSPS) is 21.9. The molecule has 0 heterocycles. The minimum absolute atomic E-state index is 0.0948. The number of rotatable bonds is 4. The smallest absolute Gasteiger partial charge is 0.315 e. The lowest BCUT2D eigenvalue weighted by Gasteiger charge is -2.26. The quantitative estimate of drug-likeness (QED) is 0.797. The van der Waals surface area contributed by atoms with Gasteiger partial charge in [-0.2, -0.15) is 0 Å². The van der Waals surface area contributed by atoms with Gasteiger partial charge in [-0.1, -0.05) is 18.2 Å². The van der Waals surface area contributed by atoms with Crippen LogP contribution in [0.15, 0.2) is 18.2 Å². The van der Waals surface area contributed by atoms with Crippen molar-refractivity contribution in [2.45, 2.75) is 58.1 Å². The van der Waals surface area contributed by atoms with Gasteiger partial charge in [0.15, 0.2) is 0 Å². The number of carbonyl (C=O) groups is 1. The number of hydrogen-bond acceptors (Lipinski definition) is 2. The summed E-state index contributed by atoms with van der Waals surface area (Å²) in [6, 6.07) is 6.38. The van der Waals surface area contributed by atoms with Gasteiger partial charge in [0.1, 0.15) is 0 Å². The van der Waals surface area contributed by atoms with E-state index < -0.39 is 0 Å². The van der Waals surface area contributed by atoms with Crippen LogP contribution in [0.1, 0.15) is 42.4 Å². The molecule has 0 bridgehead atoms. The molecule has 4 heteroatoms. The second-order valence-corrected chi connectivity index (χ2v) is 6.03. The van der Waals surface area contributed by atoms with Gasteiger partial charge in [-0.3, -0.25) is 0 Å². The lowest BCUT2D eigenvalue weighted by atomic mass is 9.93. The standard InChI is InChI=1S/C17H26N2O2/c1-12-4-3-5-13(2)16(12)10-11-18-17(21)19-14-6-8-15(20)9-7-14/h3-5,14-15,20H,6-11H2,1-2H3,(H2,18,19,21). The maximum Gasteiger partial charge on any atom is 0.315 e. The molecule has 4 nitrogen and oxygen atoms in total. The van der Waals surface area contributed by atoms with Gasteiger partial charge in [0.05, 0.1) is 6.10 Å². The van der Waals surface area contributed by atoms with Crippen molar-refractivity contribution in [3.63, 3.8) is 0 Å². The number of carbonyl (C=O) groups excluding carboxylic acids is 1. The maximum absolute atomic E-state index is 11.9. The number of urea groups is 1. The summed E-state index contributed by atoms with van der Waals surface area (Å²) in [6.07, 6.45) is 3.97. The fourth-order valence-corrected chi connectivity index (χ4v) is 3.00. The number of aliphatic hydroxyl groups is 1. The van der Waals surface area contributed by atoms with Gasteiger partial charge in [-0.15, -0.1) is 0 Å². The number of aliphatic hydroxyl groups excluding tert-OH is 1. The molecule has 3 N–H and O–H groups in total. The molecule has 21 heavy (non-hydrogen) atoms. The minimum Gasteiger partial charge on any atom is -0.393 e. The summed E-state index contributed by atoms with van der Waals surface area (Å²) in [5, 5.41) is 15.4. The SMILES string of the molecule is Cc1cccc(C)c1CCNC(=O)NC1CCC(O)CC1. The zero-order valence-electron chi connectivity index (χ0n) is 13.0. The maximum atomic E-state index is 11.9. The van der Waals surface area contributed by atoms with Crippen LogP contribution in [0, 0.1) is 13.8 Å². The Labute approximate surface area is 126 Å². The summed E-state index contributed by atoms with van der Waals surface area (Å²) in [5.74, 6) is 0. The van der Waals surface area contributed by atoms with Crippen molar-refractivity contribution in [2.75, 3.05) is 6.54 Å². The van der Waals surface area contributed by atoms with Crippen LogP contribution in [0.25, 0.3) is 0 Å². The third kappa shape index (κ3) is 4.74. The first-order chi connectivity index (χ1) is 10.1.